The molecule has 2 aliphatic rings. The lowest BCUT2D eigenvalue weighted by Gasteiger charge is -2.09. The summed E-state index contributed by atoms with van der Waals surface area (Å²) in [4.78, 5) is 20.9. The fourth-order valence-electron chi connectivity index (χ4n) is 1.97. The topological polar surface area (TPSA) is 42.3 Å². The number of pyridine rings is 1. The molecule has 0 radical (unpaired) electrons. The number of allylic oxidation sites excluding steroid dienone is 5. The smallest absolute Gasteiger partial charge is 0.177 e. The van der Waals surface area contributed by atoms with Gasteiger partial charge in [0.2, 0.25) is 0 Å². The molecule has 0 spiro atoms. The first-order valence-corrected chi connectivity index (χ1v) is 5.44. The van der Waals surface area contributed by atoms with E-state index in [-0.39, 0.29) is 11.7 Å². The minimum absolute atomic E-state index is 0.0526. The van der Waals surface area contributed by atoms with Crippen LogP contribution in [0.3, 0.4) is 0 Å². The molecule has 1 aromatic rings. The lowest BCUT2D eigenvalue weighted by atomic mass is 9.95. The maximum Gasteiger partial charge on any atom is 0.177 e. The van der Waals surface area contributed by atoms with Crippen molar-refractivity contribution in [2.75, 3.05) is 0 Å². The number of carbonyl (C=O) groups is 1. The monoisotopic (exact) mass is 222 g/mol. The molecule has 82 valence electrons. The van der Waals surface area contributed by atoms with Crippen molar-refractivity contribution in [3.63, 3.8) is 0 Å². The van der Waals surface area contributed by atoms with Gasteiger partial charge in [-0.05, 0) is 18.2 Å². The first-order chi connectivity index (χ1) is 8.36. The zero-order valence-corrected chi connectivity index (χ0v) is 9.08. The Kier molecular flexibility index (Phi) is 2.29. The van der Waals surface area contributed by atoms with Crippen LogP contribution in [-0.2, 0) is 0 Å². The lowest BCUT2D eigenvalue weighted by molar-refractivity contribution is 0.0960. The van der Waals surface area contributed by atoms with Gasteiger partial charge in [-0.3, -0.25) is 14.8 Å². The molecule has 0 amide bonds. The van der Waals surface area contributed by atoms with Gasteiger partial charge in [0.05, 0.1) is 23.5 Å². The van der Waals surface area contributed by atoms with Crippen molar-refractivity contribution < 1.29 is 4.79 Å². The highest BCUT2D eigenvalue weighted by molar-refractivity contribution is 6.07. The summed E-state index contributed by atoms with van der Waals surface area (Å²) < 4.78 is 0. The molecule has 0 N–H and O–H groups in total. The average molecular weight is 222 g/mol. The maximum atomic E-state index is 12.4. The van der Waals surface area contributed by atoms with Crippen LogP contribution in [0.15, 0.2) is 59.4 Å². The Morgan fingerprint density at radius 2 is 2.12 bits per heavy atom. The Morgan fingerprint density at radius 1 is 1.18 bits per heavy atom. The minimum atomic E-state index is -0.299. The number of hydrogen-bond acceptors (Lipinski definition) is 3. The first kappa shape index (κ1) is 9.90. The van der Waals surface area contributed by atoms with Crippen molar-refractivity contribution in [2.24, 2.45) is 10.9 Å². The normalized spacial score (nSPS) is 21.3. The van der Waals surface area contributed by atoms with Crippen molar-refractivity contribution in [2.45, 2.75) is 0 Å². The SMILES string of the molecule is O=C1c2cccnc2C=NC2=CC=CC=CC12. The quantitative estimate of drug-likeness (QED) is 0.676. The number of nitrogens with zero attached hydrogens (tertiary/aromatic N) is 2. The molecule has 0 fully saturated rings. The molecular formula is C14H10N2O. The van der Waals surface area contributed by atoms with E-state index in [4.69, 9.17) is 0 Å². The van der Waals surface area contributed by atoms with Crippen molar-refractivity contribution in [1.29, 1.82) is 0 Å². The van der Waals surface area contributed by atoms with Gasteiger partial charge >= 0.3 is 0 Å². The Labute approximate surface area is 98.9 Å². The fraction of sp³-hybridized carbons (Fsp3) is 0.0714. The number of Topliss-reactive ketones (excluding diaryl/α,β-unsaturated/α-hetero) is 1. The molecule has 1 atom stereocenters. The number of aromatic nitrogens is 1. The van der Waals surface area contributed by atoms with Crippen LogP contribution < -0.4 is 0 Å². The molecule has 3 nitrogen and oxygen atoms in total. The van der Waals surface area contributed by atoms with E-state index in [1.165, 1.54) is 0 Å². The number of carbonyl (C=O) groups excluding carboxylic acids is 1. The summed E-state index contributed by atoms with van der Waals surface area (Å²) in [6.45, 7) is 0. The van der Waals surface area contributed by atoms with Crippen molar-refractivity contribution in [1.82, 2.24) is 4.98 Å². The summed E-state index contributed by atoms with van der Waals surface area (Å²) in [6, 6.07) is 3.57. The predicted molar refractivity (Wildman–Crippen MR) is 66.0 cm³/mol. The zero-order valence-electron chi connectivity index (χ0n) is 9.08. The van der Waals surface area contributed by atoms with E-state index in [2.05, 4.69) is 9.98 Å². The van der Waals surface area contributed by atoms with Crippen LogP contribution in [0.1, 0.15) is 16.1 Å². The molecule has 0 aromatic carbocycles. The number of ketones is 1. The fourth-order valence-corrected chi connectivity index (χ4v) is 1.97. The van der Waals surface area contributed by atoms with Crippen LogP contribution in [0, 0.1) is 5.92 Å². The Hall–Kier alpha value is -2.29. The molecule has 1 aliphatic heterocycles. The van der Waals surface area contributed by atoms with Gasteiger partial charge in [0.25, 0.3) is 0 Å². The molecule has 1 aliphatic carbocycles. The van der Waals surface area contributed by atoms with Crippen molar-refractivity contribution >= 4 is 12.0 Å². The van der Waals surface area contributed by atoms with Crippen LogP contribution in [-0.4, -0.2) is 17.0 Å². The number of rotatable bonds is 0. The summed E-state index contributed by atoms with van der Waals surface area (Å²) in [6.07, 6.45) is 12.7. The largest absolute Gasteiger partial charge is 0.293 e. The zero-order chi connectivity index (χ0) is 11.7. The molecule has 3 rings (SSSR count). The van der Waals surface area contributed by atoms with E-state index in [0.29, 0.717) is 11.3 Å². The van der Waals surface area contributed by atoms with Gasteiger partial charge < -0.3 is 0 Å². The average Bonchev–Trinajstić information content (AvgIpc) is 2.66. The van der Waals surface area contributed by atoms with Crippen molar-refractivity contribution in [3.8, 4) is 0 Å². The van der Waals surface area contributed by atoms with E-state index < -0.39 is 0 Å². The van der Waals surface area contributed by atoms with Gasteiger partial charge in [-0.15, -0.1) is 0 Å². The van der Waals surface area contributed by atoms with Crippen LogP contribution in [0.4, 0.5) is 0 Å². The van der Waals surface area contributed by atoms with Crippen molar-refractivity contribution in [3.05, 3.63) is 65.7 Å². The maximum absolute atomic E-state index is 12.4. The standard InChI is InChI=1S/C14H10N2O/c17-14-10-5-2-1-3-7-12(10)16-9-13-11(14)6-4-8-15-13/h1-10H. The van der Waals surface area contributed by atoms with Crippen LogP contribution in [0.2, 0.25) is 0 Å². The highest BCUT2D eigenvalue weighted by atomic mass is 16.1. The summed E-state index contributed by atoms with van der Waals surface area (Å²) in [5.74, 6) is -0.247. The molecule has 17 heavy (non-hydrogen) atoms. The molecule has 0 bridgehead atoms. The van der Waals surface area contributed by atoms with E-state index in [1.54, 1.807) is 24.5 Å². The third kappa shape index (κ3) is 1.65. The lowest BCUT2D eigenvalue weighted by Crippen LogP contribution is -2.14. The van der Waals surface area contributed by atoms with Crippen LogP contribution in [0.5, 0.6) is 0 Å². The van der Waals surface area contributed by atoms with Gasteiger partial charge in [0, 0.05) is 11.8 Å². The van der Waals surface area contributed by atoms with Gasteiger partial charge in [-0.1, -0.05) is 24.3 Å². The van der Waals surface area contributed by atoms with E-state index in [9.17, 15) is 4.79 Å². The summed E-state index contributed by atoms with van der Waals surface area (Å²) >= 11 is 0. The van der Waals surface area contributed by atoms with E-state index in [1.807, 2.05) is 30.4 Å². The third-order valence-electron chi connectivity index (χ3n) is 2.83. The summed E-state index contributed by atoms with van der Waals surface area (Å²) in [7, 11) is 0. The summed E-state index contributed by atoms with van der Waals surface area (Å²) in [5, 5.41) is 0. The number of hydrogen-bond donors (Lipinski definition) is 0. The molecule has 1 unspecified atom stereocenters. The highest BCUT2D eigenvalue weighted by Gasteiger charge is 2.26. The van der Waals surface area contributed by atoms with Crippen LogP contribution >= 0.6 is 0 Å². The van der Waals surface area contributed by atoms with Gasteiger partial charge in [-0.25, -0.2) is 0 Å². The second-order valence-electron chi connectivity index (χ2n) is 3.90. The molecule has 3 heteroatoms. The van der Waals surface area contributed by atoms with Crippen LogP contribution in [0.25, 0.3) is 0 Å². The molecule has 2 heterocycles. The number of fused-ring (bicyclic) bond motifs is 2. The molecule has 0 saturated carbocycles. The molecule has 1 aromatic heterocycles. The molecular weight excluding hydrogens is 212 g/mol. The predicted octanol–water partition coefficient (Wildman–Crippen LogP) is 2.32. The van der Waals surface area contributed by atoms with Gasteiger partial charge in [0.1, 0.15) is 0 Å². The second-order valence-corrected chi connectivity index (χ2v) is 3.90. The Bertz CT molecular complexity index is 594. The Morgan fingerprint density at radius 3 is 3.06 bits per heavy atom. The van der Waals surface area contributed by atoms with E-state index >= 15 is 0 Å². The third-order valence-corrected chi connectivity index (χ3v) is 2.83. The van der Waals surface area contributed by atoms with E-state index in [0.717, 1.165) is 5.70 Å². The van der Waals surface area contributed by atoms with Gasteiger partial charge in [0.15, 0.2) is 5.78 Å². The Balaban J connectivity index is 2.18. The highest BCUT2D eigenvalue weighted by Crippen LogP contribution is 2.25. The molecule has 0 saturated heterocycles. The second kappa shape index (κ2) is 3.94. The number of aliphatic imine (C=N–C) groups is 1. The van der Waals surface area contributed by atoms with Gasteiger partial charge in [-0.2, -0.15) is 0 Å². The minimum Gasteiger partial charge on any atom is -0.293 e. The summed E-state index contributed by atoms with van der Waals surface area (Å²) in [5.41, 5.74) is 2.04. The first-order valence-electron chi connectivity index (χ1n) is 5.44.